The van der Waals surface area contributed by atoms with Crippen molar-refractivity contribution in [3.05, 3.63) is 200 Å². The molecule has 0 aliphatic rings. The number of aromatic nitrogens is 3. The molecule has 0 fully saturated rings. The molecule has 0 unspecified atom stereocenters. The van der Waals surface area contributed by atoms with Crippen molar-refractivity contribution in [1.82, 2.24) is 15.0 Å². The molecular formula is C55H33N3O. The highest BCUT2D eigenvalue weighted by Crippen LogP contribution is 2.37. The van der Waals surface area contributed by atoms with E-state index in [1.165, 1.54) is 33.0 Å². The van der Waals surface area contributed by atoms with E-state index in [4.69, 9.17) is 19.4 Å². The van der Waals surface area contributed by atoms with Gasteiger partial charge < -0.3 is 4.42 Å². The molecule has 0 saturated carbocycles. The van der Waals surface area contributed by atoms with Crippen molar-refractivity contribution < 1.29 is 4.42 Å². The van der Waals surface area contributed by atoms with E-state index in [1.54, 1.807) is 0 Å². The monoisotopic (exact) mass is 751 g/mol. The summed E-state index contributed by atoms with van der Waals surface area (Å²) in [6, 6.07) is 70.7. The highest BCUT2D eigenvalue weighted by molar-refractivity contribution is 6.10. The molecule has 0 aliphatic heterocycles. The van der Waals surface area contributed by atoms with Gasteiger partial charge in [0.15, 0.2) is 17.5 Å². The summed E-state index contributed by atoms with van der Waals surface area (Å²) in [6.45, 7) is 0. The van der Waals surface area contributed by atoms with Gasteiger partial charge in [0.1, 0.15) is 11.2 Å². The molecule has 2 heterocycles. The minimum Gasteiger partial charge on any atom is -0.456 e. The summed E-state index contributed by atoms with van der Waals surface area (Å²) in [5, 5.41) is 11.4. The highest BCUT2D eigenvalue weighted by atomic mass is 16.3. The van der Waals surface area contributed by atoms with Crippen LogP contribution in [0.2, 0.25) is 0 Å². The summed E-state index contributed by atoms with van der Waals surface area (Å²) in [5.41, 5.74) is 9.29. The summed E-state index contributed by atoms with van der Waals surface area (Å²) in [4.78, 5) is 15.7. The second-order valence-electron chi connectivity index (χ2n) is 15.2. The van der Waals surface area contributed by atoms with Crippen LogP contribution in [0.15, 0.2) is 205 Å². The number of rotatable bonds is 5. The van der Waals surface area contributed by atoms with Crippen molar-refractivity contribution in [2.75, 3.05) is 0 Å². The predicted molar refractivity (Wildman–Crippen MR) is 244 cm³/mol. The van der Waals surface area contributed by atoms with Gasteiger partial charge in [-0.1, -0.05) is 158 Å². The standard InChI is InChI=1S/C55H33N3O/c1-2-11-35(12-3-1)45-15-8-17-47-46(45)16-9-18-49(47)55-57-53(42-26-24-39-29-38(22-23-40(39)30-42)37-21-20-34-10-4-5-13-36(34)28-37)56-54(58-55)43-27-25-41-33-52-50(32-44(41)31-43)48-14-6-7-19-51(48)59-52/h1-33H. The van der Waals surface area contributed by atoms with Crippen LogP contribution < -0.4 is 0 Å². The number of para-hydroxylation sites is 1. The molecule has 0 bridgehead atoms. The van der Waals surface area contributed by atoms with Crippen molar-refractivity contribution in [2.45, 2.75) is 0 Å². The zero-order chi connectivity index (χ0) is 38.9. The average molecular weight is 752 g/mol. The number of furan rings is 1. The zero-order valence-corrected chi connectivity index (χ0v) is 31.8. The third-order valence-electron chi connectivity index (χ3n) is 11.7. The molecule has 2 aromatic heterocycles. The molecule has 0 spiro atoms. The number of fused-ring (bicyclic) bond motifs is 7. The SMILES string of the molecule is c1ccc(-c2cccc3c(-c4nc(-c5ccc6cc(-c7ccc8ccccc8c7)ccc6c5)nc(-c5ccc6cc7oc8ccccc8c7cc6c5)n4)cccc23)cc1. The first-order chi connectivity index (χ1) is 29.2. The molecule has 0 N–H and O–H groups in total. The molecule has 59 heavy (non-hydrogen) atoms. The summed E-state index contributed by atoms with van der Waals surface area (Å²) >= 11 is 0. The van der Waals surface area contributed by atoms with E-state index in [2.05, 4.69) is 188 Å². The largest absolute Gasteiger partial charge is 0.456 e. The third kappa shape index (κ3) is 5.73. The first kappa shape index (κ1) is 33.2. The lowest BCUT2D eigenvalue weighted by Gasteiger charge is -2.13. The van der Waals surface area contributed by atoms with Crippen molar-refractivity contribution >= 4 is 65.0 Å². The zero-order valence-electron chi connectivity index (χ0n) is 31.8. The Bertz CT molecular complexity index is 3620. The van der Waals surface area contributed by atoms with E-state index in [1.807, 2.05) is 12.1 Å². The highest BCUT2D eigenvalue weighted by Gasteiger charge is 2.17. The Balaban J connectivity index is 1.02. The lowest BCUT2D eigenvalue weighted by Crippen LogP contribution is -2.01. The van der Waals surface area contributed by atoms with Crippen LogP contribution in [0.25, 0.3) is 121 Å². The molecule has 4 heteroatoms. The summed E-state index contributed by atoms with van der Waals surface area (Å²) in [5.74, 6) is 1.87. The number of benzene rings is 10. The van der Waals surface area contributed by atoms with E-state index in [9.17, 15) is 0 Å². The van der Waals surface area contributed by atoms with E-state index < -0.39 is 0 Å². The molecule has 0 aliphatic carbocycles. The molecular weight excluding hydrogens is 719 g/mol. The van der Waals surface area contributed by atoms with Crippen LogP contribution in [-0.4, -0.2) is 15.0 Å². The van der Waals surface area contributed by atoms with Crippen LogP contribution in [0, 0.1) is 0 Å². The minimum atomic E-state index is 0.618. The molecule has 12 aromatic rings. The second kappa shape index (κ2) is 13.3. The topological polar surface area (TPSA) is 51.8 Å². The summed E-state index contributed by atoms with van der Waals surface area (Å²) in [6.07, 6.45) is 0. The number of nitrogens with zero attached hydrogens (tertiary/aromatic N) is 3. The maximum Gasteiger partial charge on any atom is 0.164 e. The maximum atomic E-state index is 6.22. The van der Waals surface area contributed by atoms with Gasteiger partial charge in [0, 0.05) is 27.5 Å². The fraction of sp³-hybridized carbons (Fsp3) is 0. The van der Waals surface area contributed by atoms with Crippen molar-refractivity contribution in [2.24, 2.45) is 0 Å². The Morgan fingerprint density at radius 3 is 1.51 bits per heavy atom. The Kier molecular flexibility index (Phi) is 7.50. The molecule has 4 nitrogen and oxygen atoms in total. The number of hydrogen-bond acceptors (Lipinski definition) is 4. The van der Waals surface area contributed by atoms with Gasteiger partial charge in [0.2, 0.25) is 0 Å². The lowest BCUT2D eigenvalue weighted by molar-refractivity contribution is 0.669. The smallest absolute Gasteiger partial charge is 0.164 e. The van der Waals surface area contributed by atoms with Gasteiger partial charge in [-0.15, -0.1) is 0 Å². The Morgan fingerprint density at radius 1 is 0.254 bits per heavy atom. The lowest BCUT2D eigenvalue weighted by atomic mass is 9.95. The Labute approximate surface area is 339 Å². The fourth-order valence-electron chi connectivity index (χ4n) is 8.67. The Hall–Kier alpha value is -7.95. The third-order valence-corrected chi connectivity index (χ3v) is 11.7. The summed E-state index contributed by atoms with van der Waals surface area (Å²) in [7, 11) is 0. The van der Waals surface area contributed by atoms with Crippen molar-refractivity contribution in [3.8, 4) is 56.4 Å². The quantitative estimate of drug-likeness (QED) is 0.176. The molecule has 12 rings (SSSR count). The van der Waals surface area contributed by atoms with Crippen LogP contribution in [0.3, 0.4) is 0 Å². The van der Waals surface area contributed by atoms with E-state index in [-0.39, 0.29) is 0 Å². The van der Waals surface area contributed by atoms with Crippen LogP contribution in [0.4, 0.5) is 0 Å². The molecule has 0 atom stereocenters. The van der Waals surface area contributed by atoms with Gasteiger partial charge in [0.05, 0.1) is 0 Å². The molecule has 0 radical (unpaired) electrons. The van der Waals surface area contributed by atoms with Gasteiger partial charge in [-0.25, -0.2) is 15.0 Å². The molecule has 0 amide bonds. The van der Waals surface area contributed by atoms with Crippen LogP contribution in [0.5, 0.6) is 0 Å². The minimum absolute atomic E-state index is 0.618. The summed E-state index contributed by atoms with van der Waals surface area (Å²) < 4.78 is 6.22. The van der Waals surface area contributed by atoms with Crippen molar-refractivity contribution in [1.29, 1.82) is 0 Å². The second-order valence-corrected chi connectivity index (χ2v) is 15.2. The molecule has 0 saturated heterocycles. The average Bonchev–Trinajstić information content (AvgIpc) is 3.67. The van der Waals surface area contributed by atoms with Gasteiger partial charge in [-0.05, 0) is 108 Å². The fourth-order valence-corrected chi connectivity index (χ4v) is 8.67. The van der Waals surface area contributed by atoms with Gasteiger partial charge in [0.25, 0.3) is 0 Å². The van der Waals surface area contributed by atoms with Crippen molar-refractivity contribution in [3.63, 3.8) is 0 Å². The first-order valence-corrected chi connectivity index (χ1v) is 19.9. The van der Waals surface area contributed by atoms with Crippen LogP contribution in [-0.2, 0) is 0 Å². The first-order valence-electron chi connectivity index (χ1n) is 19.9. The number of hydrogen-bond donors (Lipinski definition) is 0. The molecule has 274 valence electrons. The van der Waals surface area contributed by atoms with Gasteiger partial charge >= 0.3 is 0 Å². The predicted octanol–water partition coefficient (Wildman–Crippen LogP) is 14.7. The van der Waals surface area contributed by atoms with Gasteiger partial charge in [-0.2, -0.15) is 0 Å². The Morgan fingerprint density at radius 2 is 0.763 bits per heavy atom. The van der Waals surface area contributed by atoms with E-state index in [0.29, 0.717) is 17.5 Å². The van der Waals surface area contributed by atoms with E-state index >= 15 is 0 Å². The molecule has 10 aromatic carbocycles. The maximum absolute atomic E-state index is 6.22. The van der Waals surface area contributed by atoms with E-state index in [0.717, 1.165) is 70.9 Å². The van der Waals surface area contributed by atoms with Crippen LogP contribution in [0.1, 0.15) is 0 Å². The van der Waals surface area contributed by atoms with Gasteiger partial charge in [-0.3, -0.25) is 0 Å². The normalized spacial score (nSPS) is 11.7. The van der Waals surface area contributed by atoms with Crippen LogP contribution >= 0.6 is 0 Å².